The number of ether oxygens (including phenoxy) is 1. The first-order valence-electron chi connectivity index (χ1n) is 4.55. The normalized spacial score (nSPS) is 13.9. The van der Waals surface area contributed by atoms with Gasteiger partial charge in [-0.15, -0.1) is 0 Å². The quantitative estimate of drug-likeness (QED) is 0.574. The first-order valence-corrected chi connectivity index (χ1v) is 4.55. The van der Waals surface area contributed by atoms with Crippen LogP contribution < -0.4 is 4.74 Å². The van der Waals surface area contributed by atoms with Crippen LogP contribution in [0.3, 0.4) is 0 Å². The molecular formula is C10H7F2NO3. The van der Waals surface area contributed by atoms with Gasteiger partial charge in [0.2, 0.25) is 6.20 Å². The summed E-state index contributed by atoms with van der Waals surface area (Å²) in [5.74, 6) is -1.48. The van der Waals surface area contributed by atoms with E-state index in [-0.39, 0.29) is 11.3 Å². The fraction of sp³-hybridized carbons (Fsp3) is 0.200. The molecule has 0 aromatic heterocycles. The molecule has 0 radical (unpaired) electrons. The van der Waals surface area contributed by atoms with Crippen LogP contribution in [0.5, 0.6) is 5.75 Å². The van der Waals surface area contributed by atoms with E-state index in [0.717, 1.165) is 12.1 Å². The smallest absolute Gasteiger partial charge is 0.235 e. The third-order valence-corrected chi connectivity index (χ3v) is 2.29. The van der Waals surface area contributed by atoms with Crippen molar-refractivity contribution in [3.8, 4) is 5.75 Å². The summed E-state index contributed by atoms with van der Waals surface area (Å²) in [5, 5.41) is 10.1. The van der Waals surface area contributed by atoms with E-state index in [9.17, 15) is 18.9 Å². The largest absolute Gasteiger partial charge is 0.493 e. The summed E-state index contributed by atoms with van der Waals surface area (Å²) in [6, 6.07) is 1.05. The summed E-state index contributed by atoms with van der Waals surface area (Å²) >= 11 is 0. The van der Waals surface area contributed by atoms with Gasteiger partial charge in [0.25, 0.3) is 0 Å². The van der Waals surface area contributed by atoms with Crippen LogP contribution in [0.4, 0.5) is 8.78 Å². The number of rotatable bonds is 2. The van der Waals surface area contributed by atoms with Crippen molar-refractivity contribution in [1.29, 1.82) is 0 Å². The summed E-state index contributed by atoms with van der Waals surface area (Å²) < 4.78 is 32.1. The molecule has 2 rings (SSSR count). The molecule has 0 saturated carbocycles. The molecule has 4 nitrogen and oxygen atoms in total. The van der Waals surface area contributed by atoms with E-state index in [1.165, 1.54) is 0 Å². The zero-order valence-corrected chi connectivity index (χ0v) is 8.07. The van der Waals surface area contributed by atoms with Crippen molar-refractivity contribution >= 4 is 6.08 Å². The third-order valence-electron chi connectivity index (χ3n) is 2.29. The van der Waals surface area contributed by atoms with E-state index >= 15 is 0 Å². The maximum Gasteiger partial charge on any atom is 0.235 e. The first kappa shape index (κ1) is 10.5. The van der Waals surface area contributed by atoms with Gasteiger partial charge in [-0.1, -0.05) is 0 Å². The third kappa shape index (κ3) is 1.73. The average Bonchev–Trinajstić information content (AvgIpc) is 2.64. The van der Waals surface area contributed by atoms with Gasteiger partial charge in [-0.05, 0) is 0 Å². The minimum atomic E-state index is -0.865. The number of halogens is 2. The Hall–Kier alpha value is -1.98. The Morgan fingerprint density at radius 2 is 2.25 bits per heavy atom. The summed E-state index contributed by atoms with van der Waals surface area (Å²) in [4.78, 5) is 9.30. The Bertz CT molecular complexity index is 485. The van der Waals surface area contributed by atoms with Crippen molar-refractivity contribution in [3.05, 3.63) is 45.1 Å². The second kappa shape index (κ2) is 3.88. The predicted molar refractivity (Wildman–Crippen MR) is 51.6 cm³/mol. The Morgan fingerprint density at radius 3 is 2.94 bits per heavy atom. The molecule has 0 unspecified atom stereocenters. The zero-order valence-electron chi connectivity index (χ0n) is 8.07. The van der Waals surface area contributed by atoms with Crippen molar-refractivity contribution in [2.75, 3.05) is 6.61 Å². The monoisotopic (exact) mass is 227 g/mol. The maximum atomic E-state index is 13.7. The molecule has 1 aromatic carbocycles. The molecule has 0 bridgehead atoms. The van der Waals surface area contributed by atoms with Crippen molar-refractivity contribution in [1.82, 2.24) is 0 Å². The van der Waals surface area contributed by atoms with Gasteiger partial charge in [0.15, 0.2) is 0 Å². The highest BCUT2D eigenvalue weighted by Crippen LogP contribution is 2.32. The Balaban J connectivity index is 2.50. The standard InChI is InChI=1S/C10H7F2NO3/c11-8-5-9-7(2-4-16-9)10(12)6(8)1-3-13(14)15/h1,3,5H,2,4H2/b3-1+. The molecule has 0 saturated heterocycles. The lowest BCUT2D eigenvalue weighted by Crippen LogP contribution is -1.95. The van der Waals surface area contributed by atoms with Crippen molar-refractivity contribution in [2.24, 2.45) is 0 Å². The Kier molecular flexibility index (Phi) is 2.55. The molecular weight excluding hydrogens is 220 g/mol. The Labute approximate surface area is 89.3 Å². The Morgan fingerprint density at radius 1 is 1.50 bits per heavy atom. The maximum absolute atomic E-state index is 13.7. The van der Waals surface area contributed by atoms with Crippen LogP contribution in [0, 0.1) is 21.7 Å². The molecule has 1 aliphatic heterocycles. The van der Waals surface area contributed by atoms with Crippen LogP contribution >= 0.6 is 0 Å². The SMILES string of the molecule is O=[N+]([O-])/C=C/c1c(F)cc2c(c1F)CCO2. The second-order valence-corrected chi connectivity index (χ2v) is 3.26. The van der Waals surface area contributed by atoms with Gasteiger partial charge in [0.1, 0.15) is 17.4 Å². The molecule has 1 aliphatic rings. The van der Waals surface area contributed by atoms with E-state index in [1.807, 2.05) is 0 Å². The first-order chi connectivity index (χ1) is 7.59. The van der Waals surface area contributed by atoms with Gasteiger partial charge >= 0.3 is 0 Å². The summed E-state index contributed by atoms with van der Waals surface area (Å²) in [6.45, 7) is 0.300. The number of benzene rings is 1. The van der Waals surface area contributed by atoms with E-state index in [2.05, 4.69) is 0 Å². The van der Waals surface area contributed by atoms with Crippen LogP contribution in [0.15, 0.2) is 12.3 Å². The van der Waals surface area contributed by atoms with Gasteiger partial charge in [0.05, 0.1) is 17.1 Å². The molecule has 16 heavy (non-hydrogen) atoms. The molecule has 84 valence electrons. The van der Waals surface area contributed by atoms with Gasteiger partial charge in [-0.3, -0.25) is 10.1 Å². The van der Waals surface area contributed by atoms with Gasteiger partial charge < -0.3 is 4.74 Å². The average molecular weight is 227 g/mol. The van der Waals surface area contributed by atoms with Crippen LogP contribution in [-0.2, 0) is 6.42 Å². The summed E-state index contributed by atoms with van der Waals surface area (Å²) in [7, 11) is 0. The van der Waals surface area contributed by atoms with E-state index in [1.54, 1.807) is 0 Å². The van der Waals surface area contributed by atoms with Crippen LogP contribution in [0.1, 0.15) is 11.1 Å². The van der Waals surface area contributed by atoms with Crippen LogP contribution in [0.25, 0.3) is 6.08 Å². The summed E-state index contributed by atoms with van der Waals surface area (Å²) in [6.07, 6.45) is 1.66. The van der Waals surface area contributed by atoms with Crippen molar-refractivity contribution in [2.45, 2.75) is 6.42 Å². The molecule has 1 aromatic rings. The molecule has 0 aliphatic carbocycles. The number of nitrogens with zero attached hydrogens (tertiary/aromatic N) is 1. The highest BCUT2D eigenvalue weighted by atomic mass is 19.1. The van der Waals surface area contributed by atoms with E-state index in [0.29, 0.717) is 19.2 Å². The second-order valence-electron chi connectivity index (χ2n) is 3.26. The van der Waals surface area contributed by atoms with Gasteiger partial charge in [0, 0.05) is 24.1 Å². The highest BCUT2D eigenvalue weighted by molar-refractivity contribution is 5.55. The molecule has 0 atom stereocenters. The molecule has 1 heterocycles. The lowest BCUT2D eigenvalue weighted by atomic mass is 10.1. The minimum Gasteiger partial charge on any atom is -0.493 e. The topological polar surface area (TPSA) is 52.4 Å². The van der Waals surface area contributed by atoms with E-state index in [4.69, 9.17) is 4.74 Å². The number of hydrogen-bond acceptors (Lipinski definition) is 3. The molecule has 0 N–H and O–H groups in total. The zero-order chi connectivity index (χ0) is 11.7. The number of nitro groups is 1. The van der Waals surface area contributed by atoms with E-state index < -0.39 is 22.1 Å². The number of fused-ring (bicyclic) bond motifs is 1. The summed E-state index contributed by atoms with van der Waals surface area (Å²) in [5.41, 5.74) is -0.134. The fourth-order valence-electron chi connectivity index (χ4n) is 1.57. The van der Waals surface area contributed by atoms with Gasteiger partial charge in [-0.2, -0.15) is 0 Å². The minimum absolute atomic E-state index is 0.174. The molecule has 0 spiro atoms. The predicted octanol–water partition coefficient (Wildman–Crippen LogP) is 2.15. The lowest BCUT2D eigenvalue weighted by Gasteiger charge is -2.04. The van der Waals surface area contributed by atoms with Crippen molar-refractivity contribution in [3.63, 3.8) is 0 Å². The highest BCUT2D eigenvalue weighted by Gasteiger charge is 2.22. The molecule has 0 amide bonds. The lowest BCUT2D eigenvalue weighted by molar-refractivity contribution is -0.401. The number of hydrogen-bond donors (Lipinski definition) is 0. The van der Waals surface area contributed by atoms with Gasteiger partial charge in [-0.25, -0.2) is 8.78 Å². The van der Waals surface area contributed by atoms with Crippen molar-refractivity contribution < 1.29 is 18.4 Å². The molecule has 6 heteroatoms. The van der Waals surface area contributed by atoms with Crippen LogP contribution in [0.2, 0.25) is 0 Å². The molecule has 0 fully saturated rings. The van der Waals surface area contributed by atoms with Crippen LogP contribution in [-0.4, -0.2) is 11.5 Å². The fourth-order valence-corrected chi connectivity index (χ4v) is 1.57.